The maximum absolute atomic E-state index is 14.6. The molecule has 2 saturated heterocycles. The summed E-state index contributed by atoms with van der Waals surface area (Å²) < 4.78 is 35.4. The topological polar surface area (TPSA) is 156 Å². The highest BCUT2D eigenvalue weighted by Gasteiger charge is 2.78. The molecule has 0 saturated carbocycles. The first kappa shape index (κ1) is 30.2. The second kappa shape index (κ2) is 11.6. The van der Waals surface area contributed by atoms with Crippen LogP contribution in [-0.2, 0) is 42.2 Å². The van der Waals surface area contributed by atoms with E-state index in [1.165, 1.54) is 29.2 Å². The Balaban J connectivity index is 1.53. The van der Waals surface area contributed by atoms with Crippen LogP contribution in [-0.4, -0.2) is 64.6 Å². The molecule has 45 heavy (non-hydrogen) atoms. The van der Waals surface area contributed by atoms with Gasteiger partial charge in [0, 0.05) is 19.2 Å². The lowest BCUT2D eigenvalue weighted by molar-refractivity contribution is -0.387. The van der Waals surface area contributed by atoms with Crippen LogP contribution in [0.4, 0.5) is 5.69 Å². The van der Waals surface area contributed by atoms with Gasteiger partial charge in [-0.15, -0.1) is 0 Å². The summed E-state index contributed by atoms with van der Waals surface area (Å²) >= 11 is 0. The van der Waals surface area contributed by atoms with Gasteiger partial charge in [0.15, 0.2) is 4.90 Å². The minimum absolute atomic E-state index is 0.0225. The Kier molecular flexibility index (Phi) is 7.75. The first-order chi connectivity index (χ1) is 21.6. The zero-order valence-corrected chi connectivity index (χ0v) is 25.0. The third kappa shape index (κ3) is 4.79. The van der Waals surface area contributed by atoms with E-state index < -0.39 is 72.8 Å². The van der Waals surface area contributed by atoms with Gasteiger partial charge in [-0.2, -0.15) is 4.31 Å². The van der Waals surface area contributed by atoms with Gasteiger partial charge in [-0.1, -0.05) is 84.9 Å². The number of fused-ring (bicyclic) bond motifs is 1. The predicted molar refractivity (Wildman–Crippen MR) is 160 cm³/mol. The molecule has 3 aliphatic heterocycles. The molecule has 1 N–H and O–H groups in total. The molecule has 2 amide bonds. The molecule has 1 spiro atoms. The second-order valence-electron chi connectivity index (χ2n) is 11.1. The van der Waals surface area contributed by atoms with Gasteiger partial charge >= 0.3 is 5.97 Å². The number of sulfonamides is 1. The number of para-hydroxylation sites is 1. The lowest BCUT2D eigenvalue weighted by Gasteiger charge is -2.38. The smallest absolute Gasteiger partial charge is 0.311 e. The van der Waals surface area contributed by atoms with E-state index in [1.54, 1.807) is 37.3 Å². The van der Waals surface area contributed by atoms with Crippen molar-refractivity contribution in [2.45, 2.75) is 42.5 Å². The number of ether oxygens (including phenoxy) is 1. The van der Waals surface area contributed by atoms with Crippen LogP contribution in [0.15, 0.2) is 102 Å². The van der Waals surface area contributed by atoms with Crippen molar-refractivity contribution >= 4 is 33.5 Å². The SMILES string of the molecule is CCOC(=O)[C@@H]1[C@@H]2C=C[C@@]3([C@H](C(=O)NCc4ccccc4)N(Cc4ccccc4)C(=O)[C@@H]13)N2S(=O)(=O)c1ccccc1[N+](=O)[O-]. The third-order valence-electron chi connectivity index (χ3n) is 8.65. The number of esters is 1. The Bertz CT molecular complexity index is 1800. The minimum atomic E-state index is -4.79. The quantitative estimate of drug-likeness (QED) is 0.155. The van der Waals surface area contributed by atoms with Crippen LogP contribution in [0, 0.1) is 22.0 Å². The number of carbonyl (C=O) groups excluding carboxylic acids is 3. The molecule has 3 aromatic rings. The van der Waals surface area contributed by atoms with Gasteiger partial charge in [0.2, 0.25) is 11.8 Å². The van der Waals surface area contributed by atoms with Crippen molar-refractivity contribution in [3.05, 3.63) is 118 Å². The Morgan fingerprint density at radius 1 is 0.978 bits per heavy atom. The number of nitro groups is 1. The van der Waals surface area contributed by atoms with Crippen LogP contribution in [0.25, 0.3) is 0 Å². The highest BCUT2D eigenvalue weighted by Crippen LogP contribution is 2.59. The summed E-state index contributed by atoms with van der Waals surface area (Å²) in [5.74, 6) is -4.63. The summed E-state index contributed by atoms with van der Waals surface area (Å²) in [6.45, 7) is 1.62. The fourth-order valence-corrected chi connectivity index (χ4v) is 9.02. The summed E-state index contributed by atoms with van der Waals surface area (Å²) in [6.07, 6.45) is 2.99. The summed E-state index contributed by atoms with van der Waals surface area (Å²) in [7, 11) is -4.79. The van der Waals surface area contributed by atoms with Crippen molar-refractivity contribution in [1.29, 1.82) is 0 Å². The zero-order valence-electron chi connectivity index (χ0n) is 24.2. The molecular formula is C32H30N4O8S. The molecule has 232 valence electrons. The Hall–Kier alpha value is -4.88. The molecule has 3 aliphatic rings. The molecule has 2 fully saturated rings. The highest BCUT2D eigenvalue weighted by molar-refractivity contribution is 7.89. The average molecular weight is 631 g/mol. The lowest BCUT2D eigenvalue weighted by atomic mass is 9.74. The van der Waals surface area contributed by atoms with Crippen LogP contribution < -0.4 is 5.32 Å². The highest BCUT2D eigenvalue weighted by atomic mass is 32.2. The summed E-state index contributed by atoms with van der Waals surface area (Å²) in [5.41, 5.74) is -1.08. The van der Waals surface area contributed by atoms with Crippen LogP contribution in [0.3, 0.4) is 0 Å². The number of nitrogens with zero attached hydrogens (tertiary/aromatic N) is 3. The van der Waals surface area contributed by atoms with Crippen LogP contribution in [0.2, 0.25) is 0 Å². The molecule has 3 aromatic carbocycles. The number of nitro benzene ring substituents is 1. The van der Waals surface area contributed by atoms with E-state index in [-0.39, 0.29) is 19.7 Å². The van der Waals surface area contributed by atoms with E-state index in [9.17, 15) is 32.9 Å². The molecule has 12 nitrogen and oxygen atoms in total. The molecule has 6 rings (SSSR count). The molecule has 13 heteroatoms. The second-order valence-corrected chi connectivity index (χ2v) is 12.9. The molecule has 5 atom stereocenters. The summed E-state index contributed by atoms with van der Waals surface area (Å²) in [6, 6.07) is 20.2. The van der Waals surface area contributed by atoms with Gasteiger partial charge in [0.1, 0.15) is 6.04 Å². The minimum Gasteiger partial charge on any atom is -0.466 e. The van der Waals surface area contributed by atoms with E-state index in [1.807, 2.05) is 30.3 Å². The monoisotopic (exact) mass is 630 g/mol. The third-order valence-corrected chi connectivity index (χ3v) is 10.6. The predicted octanol–water partition coefficient (Wildman–Crippen LogP) is 2.80. The van der Waals surface area contributed by atoms with E-state index in [4.69, 9.17) is 4.74 Å². The number of benzene rings is 3. The molecule has 0 unspecified atom stereocenters. The first-order valence-corrected chi connectivity index (χ1v) is 15.9. The van der Waals surface area contributed by atoms with Crippen molar-refractivity contribution < 1.29 is 32.5 Å². The first-order valence-electron chi connectivity index (χ1n) is 14.4. The van der Waals surface area contributed by atoms with E-state index in [2.05, 4.69) is 5.32 Å². The van der Waals surface area contributed by atoms with Crippen LogP contribution in [0.5, 0.6) is 0 Å². The van der Waals surface area contributed by atoms with Gasteiger partial charge in [-0.25, -0.2) is 8.42 Å². The largest absolute Gasteiger partial charge is 0.466 e. The Labute approximate surface area is 259 Å². The summed E-state index contributed by atoms with van der Waals surface area (Å²) in [5, 5.41) is 14.8. The van der Waals surface area contributed by atoms with Gasteiger partial charge in [0.25, 0.3) is 15.7 Å². The molecule has 0 aromatic heterocycles. The fourth-order valence-electron chi connectivity index (χ4n) is 6.94. The van der Waals surface area contributed by atoms with Crippen molar-refractivity contribution in [3.63, 3.8) is 0 Å². The van der Waals surface area contributed by atoms with Crippen molar-refractivity contribution in [2.24, 2.45) is 11.8 Å². The van der Waals surface area contributed by atoms with Gasteiger partial charge in [0.05, 0.1) is 34.9 Å². The normalized spacial score (nSPS) is 25.3. The van der Waals surface area contributed by atoms with Gasteiger partial charge in [-0.3, -0.25) is 24.5 Å². The number of carbonyl (C=O) groups is 3. The molecule has 0 aliphatic carbocycles. The number of hydrogen-bond acceptors (Lipinski definition) is 8. The van der Waals surface area contributed by atoms with E-state index in [0.29, 0.717) is 5.56 Å². The number of nitrogens with one attached hydrogen (secondary N) is 1. The average Bonchev–Trinajstić information content (AvgIpc) is 3.65. The maximum Gasteiger partial charge on any atom is 0.311 e. The zero-order chi connectivity index (χ0) is 31.9. The van der Waals surface area contributed by atoms with Crippen molar-refractivity contribution in [3.8, 4) is 0 Å². The Morgan fingerprint density at radius 3 is 2.24 bits per heavy atom. The lowest BCUT2D eigenvalue weighted by Crippen LogP contribution is -2.61. The Morgan fingerprint density at radius 2 is 1.60 bits per heavy atom. The van der Waals surface area contributed by atoms with Crippen LogP contribution >= 0.6 is 0 Å². The fraction of sp³-hybridized carbons (Fsp3) is 0.281. The number of hydrogen-bond donors (Lipinski definition) is 1. The number of likely N-dealkylation sites (tertiary alicyclic amines) is 1. The van der Waals surface area contributed by atoms with E-state index >= 15 is 0 Å². The van der Waals surface area contributed by atoms with Crippen LogP contribution in [0.1, 0.15) is 18.1 Å². The standard InChI is InChI=1S/C32H30N4O8S/c1-2-44-31(39)26-24-17-18-32(35(24)45(42,43)25-16-10-9-15-23(25)36(40)41)27(26)30(38)34(20-22-13-7-4-8-14-22)28(32)29(37)33-19-21-11-5-3-6-12-21/h3-18,24,26-28H,2,19-20H2,1H3,(H,33,37)/t24-,26+,27+,28-,32+/m0/s1. The van der Waals surface area contributed by atoms with E-state index in [0.717, 1.165) is 22.0 Å². The number of rotatable bonds is 10. The summed E-state index contributed by atoms with van der Waals surface area (Å²) in [4.78, 5) is 54.1. The maximum atomic E-state index is 14.6. The molecule has 0 radical (unpaired) electrons. The molecule has 3 heterocycles. The van der Waals surface area contributed by atoms with Gasteiger partial charge in [-0.05, 0) is 24.1 Å². The van der Waals surface area contributed by atoms with Gasteiger partial charge < -0.3 is 15.0 Å². The van der Waals surface area contributed by atoms with Crippen molar-refractivity contribution in [2.75, 3.05) is 6.61 Å². The number of amides is 2. The van der Waals surface area contributed by atoms with Crippen molar-refractivity contribution in [1.82, 2.24) is 14.5 Å². The molecular weight excluding hydrogens is 600 g/mol. The molecule has 2 bridgehead atoms.